The molecule has 2 heterocycles. The van der Waals surface area contributed by atoms with Crippen LogP contribution >= 0.6 is 11.3 Å². The summed E-state index contributed by atoms with van der Waals surface area (Å²) in [6.45, 7) is 3.03. The van der Waals surface area contributed by atoms with Crippen molar-refractivity contribution in [2.75, 3.05) is 27.3 Å². The first-order valence-corrected chi connectivity index (χ1v) is 12.3. The molecule has 3 aromatic rings. The molecule has 1 aliphatic carbocycles. The Bertz CT molecular complexity index is 1110. The van der Waals surface area contributed by atoms with Crippen LogP contribution in [0.1, 0.15) is 45.2 Å². The number of nitrogens with zero attached hydrogens (tertiary/aromatic N) is 1. The fraction of sp³-hybridized carbons (Fsp3) is 0.370. The van der Waals surface area contributed by atoms with Gasteiger partial charge in [-0.1, -0.05) is 42.5 Å². The van der Waals surface area contributed by atoms with Crippen LogP contribution in [0.25, 0.3) is 0 Å². The van der Waals surface area contributed by atoms with E-state index in [4.69, 9.17) is 9.47 Å². The van der Waals surface area contributed by atoms with Gasteiger partial charge >= 0.3 is 0 Å². The number of piperidine rings is 1. The number of carbonyl (C=O) groups excluding carboxylic acids is 1. The molecule has 1 spiro atoms. The molecule has 1 saturated heterocycles. The quantitative estimate of drug-likeness (QED) is 0.572. The minimum atomic E-state index is -0.201. The molecule has 172 valence electrons. The number of methoxy groups -OCH3 is 2. The van der Waals surface area contributed by atoms with E-state index in [1.165, 1.54) is 16.0 Å². The number of hydrogen-bond acceptors (Lipinski definition) is 5. The fourth-order valence-electron chi connectivity index (χ4n) is 5.71. The van der Waals surface area contributed by atoms with Crippen molar-refractivity contribution in [2.45, 2.75) is 36.9 Å². The van der Waals surface area contributed by atoms with Crippen LogP contribution in [0.4, 0.5) is 0 Å². The molecule has 1 aromatic heterocycles. The zero-order chi connectivity index (χ0) is 22.8. The molecule has 0 radical (unpaired) electrons. The first-order chi connectivity index (χ1) is 16.2. The number of ether oxygens (including phenoxy) is 2. The van der Waals surface area contributed by atoms with Crippen molar-refractivity contribution in [1.29, 1.82) is 0 Å². The van der Waals surface area contributed by atoms with Crippen molar-refractivity contribution >= 4 is 17.2 Å². The van der Waals surface area contributed by atoms with E-state index in [9.17, 15) is 4.79 Å². The number of benzene rings is 2. The van der Waals surface area contributed by atoms with E-state index < -0.39 is 0 Å². The summed E-state index contributed by atoms with van der Waals surface area (Å²) in [7, 11) is 3.37. The Hall–Kier alpha value is -2.67. The van der Waals surface area contributed by atoms with E-state index in [0.717, 1.165) is 32.5 Å². The first-order valence-electron chi connectivity index (χ1n) is 11.5. The second-order valence-corrected chi connectivity index (χ2v) is 9.94. The van der Waals surface area contributed by atoms with Gasteiger partial charge < -0.3 is 14.8 Å². The van der Waals surface area contributed by atoms with Crippen molar-refractivity contribution in [2.24, 2.45) is 0 Å². The van der Waals surface area contributed by atoms with E-state index in [1.807, 2.05) is 29.5 Å². The van der Waals surface area contributed by atoms with Gasteiger partial charge in [0, 0.05) is 23.9 Å². The van der Waals surface area contributed by atoms with Crippen molar-refractivity contribution in [1.82, 2.24) is 10.2 Å². The van der Waals surface area contributed by atoms with Crippen LogP contribution in [0, 0.1) is 0 Å². The Balaban J connectivity index is 1.41. The summed E-state index contributed by atoms with van der Waals surface area (Å²) in [6, 6.07) is 20.0. The van der Waals surface area contributed by atoms with E-state index >= 15 is 0 Å². The van der Waals surface area contributed by atoms with Crippen molar-refractivity contribution < 1.29 is 14.3 Å². The minimum absolute atomic E-state index is 0.101. The van der Waals surface area contributed by atoms with Gasteiger partial charge in [0.15, 0.2) is 0 Å². The van der Waals surface area contributed by atoms with Crippen LogP contribution in [0.5, 0.6) is 5.75 Å². The molecule has 6 heteroatoms. The van der Waals surface area contributed by atoms with Crippen LogP contribution in [-0.2, 0) is 16.7 Å². The standard InChI is InChI=1S/C27H30N2O3S/c1-31-23-12-6-4-10-21(23)26(30)28-24-20-9-3-5-11-22(20)27(25(24)32-2)13-15-29(16-14-27)18-19-8-7-17-33-19/h3-12,17,24-25H,13-16,18H2,1-2H3,(H,28,30)/t24-,25+/m1/s1. The first kappa shape index (κ1) is 22.1. The molecule has 2 aliphatic rings. The highest BCUT2D eigenvalue weighted by Crippen LogP contribution is 2.52. The Morgan fingerprint density at radius 1 is 1.06 bits per heavy atom. The lowest BCUT2D eigenvalue weighted by Gasteiger charge is -2.44. The van der Waals surface area contributed by atoms with Gasteiger partial charge in [-0.2, -0.15) is 0 Å². The summed E-state index contributed by atoms with van der Waals surface area (Å²) < 4.78 is 11.6. The summed E-state index contributed by atoms with van der Waals surface area (Å²) in [5.41, 5.74) is 2.92. The molecule has 5 rings (SSSR count). The molecule has 1 N–H and O–H groups in total. The maximum Gasteiger partial charge on any atom is 0.255 e. The van der Waals surface area contributed by atoms with Crippen molar-refractivity contribution in [3.05, 3.63) is 87.6 Å². The minimum Gasteiger partial charge on any atom is -0.496 e. The lowest BCUT2D eigenvalue weighted by atomic mass is 9.72. The third-order valence-electron chi connectivity index (χ3n) is 7.28. The zero-order valence-electron chi connectivity index (χ0n) is 19.1. The largest absolute Gasteiger partial charge is 0.496 e. The maximum atomic E-state index is 13.3. The SMILES string of the molecule is COc1ccccc1C(=O)N[C@@H]1c2ccccc2C2(CCN(Cc3cccs3)CC2)[C@H]1OC. The van der Waals surface area contributed by atoms with E-state index in [0.29, 0.717) is 11.3 Å². The molecule has 0 bridgehead atoms. The fourth-order valence-corrected chi connectivity index (χ4v) is 6.46. The van der Waals surface area contributed by atoms with Crippen molar-refractivity contribution in [3.63, 3.8) is 0 Å². The van der Waals surface area contributed by atoms with Gasteiger partial charge in [0.1, 0.15) is 5.75 Å². The number of nitrogens with one attached hydrogen (secondary N) is 1. The molecular formula is C27H30N2O3S. The average Bonchev–Trinajstić information content (AvgIpc) is 3.45. The van der Waals surface area contributed by atoms with Gasteiger partial charge in [0.05, 0.1) is 24.8 Å². The summed E-state index contributed by atoms with van der Waals surface area (Å²) in [6.07, 6.45) is 1.90. The summed E-state index contributed by atoms with van der Waals surface area (Å²) in [4.78, 5) is 17.2. The summed E-state index contributed by atoms with van der Waals surface area (Å²) >= 11 is 1.82. The van der Waals surface area contributed by atoms with E-state index in [2.05, 4.69) is 52.0 Å². The van der Waals surface area contributed by atoms with Gasteiger partial charge in [-0.25, -0.2) is 0 Å². The molecule has 2 aromatic carbocycles. The highest BCUT2D eigenvalue weighted by molar-refractivity contribution is 7.09. The lowest BCUT2D eigenvalue weighted by molar-refractivity contribution is -0.0121. The van der Waals surface area contributed by atoms with Crippen molar-refractivity contribution in [3.8, 4) is 5.75 Å². The predicted octanol–water partition coefficient (Wildman–Crippen LogP) is 4.79. The Kier molecular flexibility index (Phi) is 6.23. The monoisotopic (exact) mass is 462 g/mol. The highest BCUT2D eigenvalue weighted by Gasteiger charge is 2.54. The number of hydrogen-bond donors (Lipinski definition) is 1. The zero-order valence-corrected chi connectivity index (χ0v) is 19.9. The third kappa shape index (κ3) is 3.97. The second kappa shape index (κ2) is 9.29. The summed E-state index contributed by atoms with van der Waals surface area (Å²) in [5, 5.41) is 5.43. The van der Waals surface area contributed by atoms with Crippen LogP contribution in [0.15, 0.2) is 66.0 Å². The van der Waals surface area contributed by atoms with Crippen LogP contribution in [0.2, 0.25) is 0 Å². The molecule has 5 nitrogen and oxygen atoms in total. The van der Waals surface area contributed by atoms with E-state index in [1.54, 1.807) is 20.3 Å². The molecule has 2 atom stereocenters. The molecule has 33 heavy (non-hydrogen) atoms. The molecule has 1 aliphatic heterocycles. The van der Waals surface area contributed by atoms with Gasteiger partial charge in [-0.3, -0.25) is 9.69 Å². The highest BCUT2D eigenvalue weighted by atomic mass is 32.1. The Morgan fingerprint density at radius 3 is 2.55 bits per heavy atom. The topological polar surface area (TPSA) is 50.8 Å². The third-order valence-corrected chi connectivity index (χ3v) is 8.14. The number of likely N-dealkylation sites (tertiary alicyclic amines) is 1. The van der Waals surface area contributed by atoms with Gasteiger partial charge in [0.25, 0.3) is 5.91 Å². The van der Waals surface area contributed by atoms with Gasteiger partial charge in [-0.15, -0.1) is 11.3 Å². The number of para-hydroxylation sites is 1. The number of amides is 1. The predicted molar refractivity (Wildman–Crippen MR) is 131 cm³/mol. The molecule has 0 unspecified atom stereocenters. The maximum absolute atomic E-state index is 13.3. The lowest BCUT2D eigenvalue weighted by Crippen LogP contribution is -2.50. The number of carbonyl (C=O) groups is 1. The normalized spacial score (nSPS) is 21.6. The van der Waals surface area contributed by atoms with Crippen LogP contribution in [0.3, 0.4) is 0 Å². The van der Waals surface area contributed by atoms with Gasteiger partial charge in [-0.05, 0) is 60.6 Å². The number of rotatable bonds is 6. The molecule has 1 fully saturated rings. The number of fused-ring (bicyclic) bond motifs is 2. The second-order valence-electron chi connectivity index (χ2n) is 8.91. The Labute approximate surface area is 199 Å². The van der Waals surface area contributed by atoms with Crippen LogP contribution in [-0.4, -0.2) is 44.2 Å². The molecule has 0 saturated carbocycles. The average molecular weight is 463 g/mol. The van der Waals surface area contributed by atoms with Gasteiger partial charge in [0.2, 0.25) is 0 Å². The number of thiophene rings is 1. The summed E-state index contributed by atoms with van der Waals surface area (Å²) in [5.74, 6) is 0.438. The van der Waals surface area contributed by atoms with E-state index in [-0.39, 0.29) is 23.5 Å². The smallest absolute Gasteiger partial charge is 0.255 e. The Morgan fingerprint density at radius 2 is 1.82 bits per heavy atom. The molecular weight excluding hydrogens is 432 g/mol. The molecule has 1 amide bonds. The van der Waals surface area contributed by atoms with Crippen LogP contribution < -0.4 is 10.1 Å².